The molecule has 0 atom stereocenters. The van der Waals surface area contributed by atoms with Crippen LogP contribution in [0.3, 0.4) is 0 Å². The normalized spacial score (nSPS) is 14.0. The third kappa shape index (κ3) is 4.87. The fourth-order valence-electron chi connectivity index (χ4n) is 3.32. The van der Waals surface area contributed by atoms with Crippen molar-refractivity contribution in [1.29, 1.82) is 0 Å². The second-order valence-electron chi connectivity index (χ2n) is 6.60. The lowest BCUT2D eigenvalue weighted by molar-refractivity contribution is 0.0526. The minimum Gasteiger partial charge on any atom is -0.462 e. The topological polar surface area (TPSA) is 68.2 Å². The molecule has 6 nitrogen and oxygen atoms in total. The number of hydrogen-bond donors (Lipinski definition) is 2. The molecule has 2 N–H and O–H groups in total. The van der Waals surface area contributed by atoms with Crippen LogP contribution in [-0.2, 0) is 31.2 Å². The van der Waals surface area contributed by atoms with Crippen molar-refractivity contribution in [3.63, 3.8) is 0 Å². The van der Waals surface area contributed by atoms with Crippen molar-refractivity contribution >= 4 is 39.6 Å². The van der Waals surface area contributed by atoms with Gasteiger partial charge in [0.2, 0.25) is 0 Å². The number of carbonyl (C=O) groups excluding carboxylic acids is 1. The van der Waals surface area contributed by atoms with E-state index in [1.807, 2.05) is 20.0 Å². The second-order valence-corrected chi connectivity index (χ2v) is 8.11. The van der Waals surface area contributed by atoms with Crippen LogP contribution < -0.4 is 10.6 Å². The Hall–Kier alpha value is -1.93. The third-order valence-electron chi connectivity index (χ3n) is 4.73. The van der Waals surface area contributed by atoms with E-state index in [1.54, 1.807) is 22.2 Å². The van der Waals surface area contributed by atoms with Gasteiger partial charge in [0.25, 0.3) is 0 Å². The van der Waals surface area contributed by atoms with Gasteiger partial charge in [-0.05, 0) is 56.5 Å². The highest BCUT2D eigenvalue weighted by Gasteiger charge is 2.25. The summed E-state index contributed by atoms with van der Waals surface area (Å²) in [6, 6.07) is 1.94. The molecule has 146 valence electrons. The van der Waals surface area contributed by atoms with E-state index in [9.17, 15) is 4.79 Å². The van der Waals surface area contributed by atoms with Crippen LogP contribution in [0.2, 0.25) is 0 Å². The first-order valence-electron chi connectivity index (χ1n) is 9.43. The first-order valence-corrected chi connectivity index (χ1v) is 10.7. The van der Waals surface area contributed by atoms with Crippen molar-refractivity contribution in [3.05, 3.63) is 34.0 Å². The molecular weight excluding hydrogens is 380 g/mol. The van der Waals surface area contributed by atoms with E-state index in [4.69, 9.17) is 17.0 Å². The van der Waals surface area contributed by atoms with E-state index in [0.29, 0.717) is 23.8 Å². The third-order valence-corrected chi connectivity index (χ3v) is 6.18. The Morgan fingerprint density at radius 1 is 1.33 bits per heavy atom. The van der Waals surface area contributed by atoms with E-state index in [2.05, 4.69) is 15.7 Å². The number of fused-ring (bicyclic) bond motifs is 1. The lowest BCUT2D eigenvalue weighted by Crippen LogP contribution is -2.29. The lowest BCUT2D eigenvalue weighted by atomic mass is 9.96. The minimum absolute atomic E-state index is 0.257. The highest BCUT2D eigenvalue weighted by atomic mass is 32.1. The Morgan fingerprint density at radius 2 is 2.11 bits per heavy atom. The van der Waals surface area contributed by atoms with Gasteiger partial charge in [-0.3, -0.25) is 4.68 Å². The van der Waals surface area contributed by atoms with E-state index in [1.165, 1.54) is 24.1 Å². The molecule has 2 aromatic heterocycles. The van der Waals surface area contributed by atoms with Crippen molar-refractivity contribution in [2.24, 2.45) is 7.05 Å². The number of ether oxygens (including phenoxy) is 1. The van der Waals surface area contributed by atoms with Gasteiger partial charge in [0, 0.05) is 18.1 Å². The Kier molecular flexibility index (Phi) is 6.84. The largest absolute Gasteiger partial charge is 0.462 e. The van der Waals surface area contributed by atoms with Crippen molar-refractivity contribution in [2.45, 2.75) is 52.0 Å². The van der Waals surface area contributed by atoms with Crippen molar-refractivity contribution in [3.8, 4) is 0 Å². The van der Waals surface area contributed by atoms with Crippen LogP contribution in [0.5, 0.6) is 0 Å². The number of esters is 1. The number of rotatable bonds is 5. The molecule has 0 saturated heterocycles. The maximum absolute atomic E-state index is 12.6. The molecular formula is C19H26N4O2S2. The van der Waals surface area contributed by atoms with Crippen molar-refractivity contribution in [1.82, 2.24) is 15.1 Å². The highest BCUT2D eigenvalue weighted by Crippen LogP contribution is 2.37. The number of nitrogens with one attached hydrogen (secondary N) is 2. The minimum atomic E-state index is -0.257. The predicted molar refractivity (Wildman–Crippen MR) is 112 cm³/mol. The molecule has 0 radical (unpaired) electrons. The van der Waals surface area contributed by atoms with Gasteiger partial charge < -0.3 is 15.4 Å². The standard InChI is InChI=1S/C19H26N4O2S2/c1-3-25-18(24)16-14-8-6-4-5-7-9-15(14)27-17(16)22-19(26)20-12-13-10-11-21-23(13)2/h10-11H,3-9,12H2,1-2H3,(H2,20,22,26). The smallest absolute Gasteiger partial charge is 0.341 e. The van der Waals surface area contributed by atoms with Gasteiger partial charge in [0.15, 0.2) is 5.11 Å². The molecule has 27 heavy (non-hydrogen) atoms. The summed E-state index contributed by atoms with van der Waals surface area (Å²) in [7, 11) is 1.89. The first kappa shape index (κ1) is 19.8. The summed E-state index contributed by atoms with van der Waals surface area (Å²) >= 11 is 7.10. The number of aryl methyl sites for hydroxylation is 2. The summed E-state index contributed by atoms with van der Waals surface area (Å²) in [6.45, 7) is 2.77. The second kappa shape index (κ2) is 9.32. The van der Waals surface area contributed by atoms with Crippen molar-refractivity contribution < 1.29 is 9.53 Å². The quantitative estimate of drug-likeness (QED) is 0.581. The Balaban J connectivity index is 1.78. The average molecular weight is 407 g/mol. The number of hydrogen-bond acceptors (Lipinski definition) is 5. The van der Waals surface area contributed by atoms with Crippen LogP contribution in [0.15, 0.2) is 12.3 Å². The van der Waals surface area contributed by atoms with Gasteiger partial charge >= 0.3 is 5.97 Å². The van der Waals surface area contributed by atoms with Gasteiger partial charge in [0.05, 0.1) is 24.4 Å². The molecule has 2 heterocycles. The number of thiocarbonyl (C=S) groups is 1. The van der Waals surface area contributed by atoms with E-state index < -0.39 is 0 Å². The molecule has 0 saturated carbocycles. The summed E-state index contributed by atoms with van der Waals surface area (Å²) in [6.07, 6.45) is 8.44. The van der Waals surface area contributed by atoms with E-state index >= 15 is 0 Å². The summed E-state index contributed by atoms with van der Waals surface area (Å²) in [5.74, 6) is -0.257. The van der Waals surface area contributed by atoms with Gasteiger partial charge in [-0.2, -0.15) is 5.10 Å². The summed E-state index contributed by atoms with van der Waals surface area (Å²) in [5, 5.41) is 11.9. The molecule has 1 aliphatic rings. The Labute approximate surface area is 169 Å². The molecule has 0 spiro atoms. The zero-order valence-electron chi connectivity index (χ0n) is 15.8. The first-order chi connectivity index (χ1) is 13.1. The summed E-state index contributed by atoms with van der Waals surface area (Å²) in [4.78, 5) is 13.9. The molecule has 0 fully saturated rings. The van der Waals surface area contributed by atoms with Gasteiger partial charge in [0.1, 0.15) is 5.00 Å². The number of aromatic nitrogens is 2. The fraction of sp³-hybridized carbons (Fsp3) is 0.526. The Bertz CT molecular complexity index is 813. The fourth-order valence-corrected chi connectivity index (χ4v) is 4.84. The molecule has 0 amide bonds. The maximum Gasteiger partial charge on any atom is 0.341 e. The van der Waals surface area contributed by atoms with Crippen molar-refractivity contribution in [2.75, 3.05) is 11.9 Å². The van der Waals surface area contributed by atoms with Crippen LogP contribution in [0, 0.1) is 0 Å². The number of nitrogens with zero attached hydrogens (tertiary/aromatic N) is 2. The van der Waals surface area contributed by atoms with Crippen LogP contribution in [-0.4, -0.2) is 27.5 Å². The molecule has 0 aromatic carbocycles. The van der Waals surface area contributed by atoms with Crippen LogP contribution in [0.4, 0.5) is 5.00 Å². The SMILES string of the molecule is CCOC(=O)c1c(NC(=S)NCc2ccnn2C)sc2c1CCCCCC2. The molecule has 2 aromatic rings. The van der Waals surface area contributed by atoms with Gasteiger partial charge in [-0.25, -0.2) is 4.79 Å². The van der Waals surface area contributed by atoms with Crippen LogP contribution >= 0.6 is 23.6 Å². The number of carbonyl (C=O) groups is 1. The summed E-state index contributed by atoms with van der Waals surface area (Å²) < 4.78 is 7.14. The molecule has 8 heteroatoms. The van der Waals surface area contributed by atoms with Crippen LogP contribution in [0.1, 0.15) is 59.1 Å². The molecule has 1 aliphatic carbocycles. The lowest BCUT2D eigenvalue weighted by Gasteiger charge is -2.12. The zero-order valence-corrected chi connectivity index (χ0v) is 17.5. The van der Waals surface area contributed by atoms with E-state index in [-0.39, 0.29) is 5.97 Å². The number of anilines is 1. The highest BCUT2D eigenvalue weighted by molar-refractivity contribution is 7.80. The average Bonchev–Trinajstić information content (AvgIpc) is 3.16. The zero-order chi connectivity index (χ0) is 19.2. The van der Waals surface area contributed by atoms with Gasteiger partial charge in [-0.15, -0.1) is 11.3 Å². The van der Waals surface area contributed by atoms with E-state index in [0.717, 1.165) is 35.5 Å². The molecule has 3 rings (SSSR count). The van der Waals surface area contributed by atoms with Gasteiger partial charge in [-0.1, -0.05) is 12.8 Å². The van der Waals surface area contributed by atoms with Crippen LogP contribution in [0.25, 0.3) is 0 Å². The summed E-state index contributed by atoms with van der Waals surface area (Å²) in [5.41, 5.74) is 2.85. The predicted octanol–water partition coefficient (Wildman–Crippen LogP) is 3.80. The monoisotopic (exact) mass is 406 g/mol. The molecule has 0 unspecified atom stereocenters. The molecule has 0 bridgehead atoms. The maximum atomic E-state index is 12.6. The number of thiophene rings is 1. The Morgan fingerprint density at radius 3 is 2.81 bits per heavy atom. The molecule has 0 aliphatic heterocycles.